The van der Waals surface area contributed by atoms with Crippen LogP contribution in [0.3, 0.4) is 0 Å². The van der Waals surface area contributed by atoms with E-state index < -0.39 is 0 Å². The van der Waals surface area contributed by atoms with E-state index in [1.807, 2.05) is 45.2 Å². The summed E-state index contributed by atoms with van der Waals surface area (Å²) in [4.78, 5) is 14.5. The van der Waals surface area contributed by atoms with Gasteiger partial charge in [0.15, 0.2) is 0 Å². The molecule has 1 atom stereocenters. The first-order valence-electron chi connectivity index (χ1n) is 9.92. The Hall–Kier alpha value is -2.80. The Kier molecular flexibility index (Phi) is 7.63. The Morgan fingerprint density at radius 2 is 1.64 bits per heavy atom. The predicted molar refractivity (Wildman–Crippen MR) is 114 cm³/mol. The average Bonchev–Trinajstić information content (AvgIpc) is 2.73. The highest BCUT2D eigenvalue weighted by molar-refractivity contribution is 5.76. The molecule has 2 aromatic rings. The number of benzene rings is 2. The quantitative estimate of drug-likeness (QED) is 0.547. The molecule has 4 nitrogen and oxygen atoms in total. The maximum Gasteiger partial charge on any atom is 0.311 e. The van der Waals surface area contributed by atoms with Gasteiger partial charge in [-0.05, 0) is 55.2 Å². The third kappa shape index (κ3) is 5.36. The summed E-state index contributed by atoms with van der Waals surface area (Å²) in [5.41, 5.74) is 3.53. The topological polar surface area (TPSA) is 53.3 Å². The molecule has 1 unspecified atom stereocenters. The molecule has 0 bridgehead atoms. The van der Waals surface area contributed by atoms with Crippen LogP contribution in [0.4, 0.5) is 5.69 Å². The van der Waals surface area contributed by atoms with Crippen LogP contribution in [0.1, 0.15) is 45.6 Å². The van der Waals surface area contributed by atoms with Crippen LogP contribution >= 0.6 is 0 Å². The molecule has 0 fully saturated rings. The van der Waals surface area contributed by atoms with Crippen molar-refractivity contribution in [3.05, 3.63) is 54.1 Å². The number of carbonyl (C=O) groups is 1. The van der Waals surface area contributed by atoms with Crippen molar-refractivity contribution >= 4 is 11.7 Å². The Morgan fingerprint density at radius 1 is 1.07 bits per heavy atom. The van der Waals surface area contributed by atoms with E-state index in [4.69, 9.17) is 10.00 Å². The second-order valence-corrected chi connectivity index (χ2v) is 7.46. The fourth-order valence-electron chi connectivity index (χ4n) is 3.20. The van der Waals surface area contributed by atoms with Crippen LogP contribution < -0.4 is 4.90 Å². The summed E-state index contributed by atoms with van der Waals surface area (Å²) in [5.74, 6) is -0.0959. The summed E-state index contributed by atoms with van der Waals surface area (Å²) in [6.45, 7) is 7.15. The normalized spacial score (nSPS) is 12.7. The molecule has 0 aliphatic carbocycles. The number of hydrogen-bond acceptors (Lipinski definition) is 4. The third-order valence-electron chi connectivity index (χ3n) is 5.39. The van der Waals surface area contributed by atoms with Crippen molar-refractivity contribution in [1.82, 2.24) is 0 Å². The van der Waals surface area contributed by atoms with Crippen molar-refractivity contribution in [3.8, 4) is 17.2 Å². The van der Waals surface area contributed by atoms with E-state index in [1.165, 1.54) is 0 Å². The maximum absolute atomic E-state index is 12.4. The molecular weight excluding hydrogens is 348 g/mol. The van der Waals surface area contributed by atoms with Crippen molar-refractivity contribution in [2.45, 2.75) is 40.0 Å². The number of nitriles is 1. The molecule has 0 radical (unpaired) electrons. The van der Waals surface area contributed by atoms with Gasteiger partial charge in [0, 0.05) is 12.7 Å². The summed E-state index contributed by atoms with van der Waals surface area (Å²) in [6.07, 6.45) is 2.63. The first-order chi connectivity index (χ1) is 13.4. The van der Waals surface area contributed by atoms with Gasteiger partial charge < -0.3 is 9.64 Å². The van der Waals surface area contributed by atoms with Gasteiger partial charge in [-0.1, -0.05) is 44.5 Å². The number of likely N-dealkylation sites (N-methyl/N-ethyl adjacent to an activating group) is 1. The van der Waals surface area contributed by atoms with E-state index in [0.29, 0.717) is 18.7 Å². The molecule has 0 heterocycles. The number of ether oxygens (including phenoxy) is 1. The maximum atomic E-state index is 12.4. The van der Waals surface area contributed by atoms with Crippen LogP contribution in [0, 0.1) is 16.7 Å². The minimum Gasteiger partial charge on any atom is -0.463 e. The van der Waals surface area contributed by atoms with E-state index in [2.05, 4.69) is 42.2 Å². The molecule has 2 aromatic carbocycles. The standard InChI is InChI=1S/C24H30N2O2/c1-5-15-24(3,6-2)23(27)28-17-16-26(4)22-13-11-21(12-14-22)20-9-7-19(18-25)8-10-20/h7-14H,5-6,15-17H2,1-4H3. The van der Waals surface area contributed by atoms with Crippen LogP contribution in [0.25, 0.3) is 11.1 Å². The summed E-state index contributed by atoms with van der Waals surface area (Å²) in [5, 5.41) is 8.90. The van der Waals surface area contributed by atoms with Crippen LogP contribution in [0.2, 0.25) is 0 Å². The monoisotopic (exact) mass is 378 g/mol. The SMILES string of the molecule is CCCC(C)(CC)C(=O)OCCN(C)c1ccc(-c2ccc(C#N)cc2)cc1. The van der Waals surface area contributed by atoms with E-state index in [1.54, 1.807) is 0 Å². The number of esters is 1. The zero-order valence-electron chi connectivity index (χ0n) is 17.4. The Balaban J connectivity index is 1.91. The second kappa shape index (κ2) is 9.94. The van der Waals surface area contributed by atoms with Gasteiger partial charge >= 0.3 is 5.97 Å². The molecule has 28 heavy (non-hydrogen) atoms. The zero-order chi connectivity index (χ0) is 20.6. The van der Waals surface area contributed by atoms with E-state index in [0.717, 1.165) is 36.1 Å². The molecule has 0 spiro atoms. The molecule has 0 N–H and O–H groups in total. The fourth-order valence-corrected chi connectivity index (χ4v) is 3.20. The highest BCUT2D eigenvalue weighted by atomic mass is 16.5. The molecular formula is C24H30N2O2. The second-order valence-electron chi connectivity index (χ2n) is 7.46. The highest BCUT2D eigenvalue weighted by Crippen LogP contribution is 2.29. The number of rotatable bonds is 9. The van der Waals surface area contributed by atoms with Crippen molar-refractivity contribution < 1.29 is 9.53 Å². The van der Waals surface area contributed by atoms with Gasteiger partial charge in [-0.25, -0.2) is 0 Å². The fraction of sp³-hybridized carbons (Fsp3) is 0.417. The van der Waals surface area contributed by atoms with E-state index >= 15 is 0 Å². The molecule has 0 amide bonds. The van der Waals surface area contributed by atoms with Crippen molar-refractivity contribution in [2.75, 3.05) is 25.1 Å². The van der Waals surface area contributed by atoms with E-state index in [-0.39, 0.29) is 11.4 Å². The lowest BCUT2D eigenvalue weighted by Gasteiger charge is -2.26. The van der Waals surface area contributed by atoms with Crippen LogP contribution in [0.15, 0.2) is 48.5 Å². The van der Waals surface area contributed by atoms with Crippen molar-refractivity contribution in [1.29, 1.82) is 5.26 Å². The van der Waals surface area contributed by atoms with Gasteiger partial charge in [0.05, 0.1) is 23.6 Å². The van der Waals surface area contributed by atoms with Crippen LogP contribution in [-0.2, 0) is 9.53 Å². The summed E-state index contributed by atoms with van der Waals surface area (Å²) in [6, 6.07) is 17.9. The average molecular weight is 379 g/mol. The van der Waals surface area contributed by atoms with Gasteiger partial charge in [0.2, 0.25) is 0 Å². The molecule has 0 saturated carbocycles. The zero-order valence-corrected chi connectivity index (χ0v) is 17.4. The molecule has 0 aromatic heterocycles. The summed E-state index contributed by atoms with van der Waals surface area (Å²) in [7, 11) is 2.00. The Labute approximate surface area is 168 Å². The van der Waals surface area contributed by atoms with Gasteiger partial charge in [0.25, 0.3) is 0 Å². The number of hydrogen-bond donors (Lipinski definition) is 0. The first-order valence-corrected chi connectivity index (χ1v) is 9.92. The number of carbonyl (C=O) groups excluding carboxylic acids is 1. The largest absolute Gasteiger partial charge is 0.463 e. The molecule has 4 heteroatoms. The van der Waals surface area contributed by atoms with Crippen LogP contribution in [0.5, 0.6) is 0 Å². The van der Waals surface area contributed by atoms with Gasteiger partial charge in [-0.15, -0.1) is 0 Å². The molecule has 0 aliphatic rings. The van der Waals surface area contributed by atoms with Gasteiger partial charge in [0.1, 0.15) is 6.61 Å². The molecule has 0 aliphatic heterocycles. The van der Waals surface area contributed by atoms with Crippen molar-refractivity contribution in [2.24, 2.45) is 5.41 Å². The Morgan fingerprint density at radius 3 is 2.14 bits per heavy atom. The lowest BCUT2D eigenvalue weighted by Crippen LogP contribution is -2.32. The molecule has 0 saturated heterocycles. The predicted octanol–water partition coefficient (Wildman–Crippen LogP) is 5.42. The van der Waals surface area contributed by atoms with Gasteiger partial charge in [-0.3, -0.25) is 4.79 Å². The summed E-state index contributed by atoms with van der Waals surface area (Å²) >= 11 is 0. The first kappa shape index (κ1) is 21.5. The third-order valence-corrected chi connectivity index (χ3v) is 5.39. The van der Waals surface area contributed by atoms with Crippen molar-refractivity contribution in [3.63, 3.8) is 0 Å². The van der Waals surface area contributed by atoms with E-state index in [9.17, 15) is 4.79 Å². The minimum atomic E-state index is -0.379. The molecule has 2 rings (SSSR count). The number of anilines is 1. The van der Waals surface area contributed by atoms with Gasteiger partial charge in [-0.2, -0.15) is 5.26 Å². The lowest BCUT2D eigenvalue weighted by atomic mass is 9.83. The Bertz CT molecular complexity index is 806. The van der Waals surface area contributed by atoms with Crippen LogP contribution in [-0.4, -0.2) is 26.2 Å². The lowest BCUT2D eigenvalue weighted by molar-refractivity contribution is -0.155. The number of nitrogens with zero attached hydrogens (tertiary/aromatic N) is 2. The minimum absolute atomic E-state index is 0.0959. The smallest absolute Gasteiger partial charge is 0.311 e. The summed E-state index contributed by atoms with van der Waals surface area (Å²) < 4.78 is 5.55. The highest BCUT2D eigenvalue weighted by Gasteiger charge is 2.31. The molecule has 148 valence electrons.